The smallest absolute Gasteiger partial charge is 0.261 e. The molecule has 1 N–H and O–H groups in total. The first kappa shape index (κ1) is 24.8. The van der Waals surface area contributed by atoms with E-state index < -0.39 is 6.04 Å². The van der Waals surface area contributed by atoms with E-state index in [1.807, 2.05) is 81.4 Å². The first-order valence-electron chi connectivity index (χ1n) is 11.2. The number of hydrogen-bond acceptors (Lipinski definition) is 3. The minimum Gasteiger partial charge on any atom is -0.483 e. The van der Waals surface area contributed by atoms with Crippen LogP contribution in [-0.2, 0) is 16.1 Å². The van der Waals surface area contributed by atoms with Gasteiger partial charge in [0.2, 0.25) is 5.91 Å². The normalized spacial score (nSPS) is 11.9. The maximum absolute atomic E-state index is 13.3. The highest BCUT2D eigenvalue weighted by molar-refractivity contribution is 9.10. The Morgan fingerprint density at radius 3 is 2.52 bits per heavy atom. The summed E-state index contributed by atoms with van der Waals surface area (Å²) in [4.78, 5) is 27.6. The van der Waals surface area contributed by atoms with Crippen LogP contribution >= 0.6 is 15.9 Å². The largest absolute Gasteiger partial charge is 0.483 e. The quantitative estimate of drug-likeness (QED) is 0.414. The highest BCUT2D eigenvalue weighted by Gasteiger charge is 2.26. The second kappa shape index (κ2) is 11.3. The summed E-state index contributed by atoms with van der Waals surface area (Å²) in [5.41, 5.74) is 2.08. The minimum absolute atomic E-state index is 0.162. The molecule has 3 aromatic rings. The van der Waals surface area contributed by atoms with Crippen molar-refractivity contribution in [1.82, 2.24) is 10.2 Å². The van der Waals surface area contributed by atoms with Crippen molar-refractivity contribution < 1.29 is 14.3 Å². The summed E-state index contributed by atoms with van der Waals surface area (Å²) >= 11 is 3.60. The maximum atomic E-state index is 13.3. The Morgan fingerprint density at radius 1 is 1.03 bits per heavy atom. The summed E-state index contributed by atoms with van der Waals surface area (Å²) in [6, 6.07) is 19.1. The fourth-order valence-electron chi connectivity index (χ4n) is 3.59. The average molecular weight is 511 g/mol. The molecule has 1 atom stereocenters. The molecular formula is C27H31BrN2O3. The molecule has 3 rings (SSSR count). The van der Waals surface area contributed by atoms with Crippen molar-refractivity contribution in [2.75, 3.05) is 13.2 Å². The number of carbonyl (C=O) groups excluding carboxylic acids is 2. The summed E-state index contributed by atoms with van der Waals surface area (Å²) < 4.78 is 6.71. The zero-order chi connectivity index (χ0) is 24.0. The maximum Gasteiger partial charge on any atom is 0.261 e. The van der Waals surface area contributed by atoms with Crippen LogP contribution < -0.4 is 10.1 Å². The molecule has 3 aromatic carbocycles. The molecule has 0 fully saturated rings. The minimum atomic E-state index is -0.625. The number of halogens is 1. The average Bonchev–Trinajstić information content (AvgIpc) is 2.80. The predicted octanol–water partition coefficient (Wildman–Crippen LogP) is 5.48. The summed E-state index contributed by atoms with van der Waals surface area (Å²) in [5, 5.41) is 5.03. The van der Waals surface area contributed by atoms with Crippen molar-refractivity contribution in [3.8, 4) is 5.75 Å². The number of ether oxygens (including phenoxy) is 1. The van der Waals surface area contributed by atoms with Gasteiger partial charge in [0.1, 0.15) is 11.8 Å². The van der Waals surface area contributed by atoms with Gasteiger partial charge in [0, 0.05) is 13.1 Å². The van der Waals surface area contributed by atoms with E-state index >= 15 is 0 Å². The molecule has 0 bridgehead atoms. The third-order valence-electron chi connectivity index (χ3n) is 5.47. The molecule has 0 saturated heterocycles. The second-order valence-electron chi connectivity index (χ2n) is 8.71. The molecule has 0 aliphatic carbocycles. The van der Waals surface area contributed by atoms with Gasteiger partial charge in [-0.25, -0.2) is 0 Å². The van der Waals surface area contributed by atoms with E-state index in [9.17, 15) is 9.59 Å². The fourth-order valence-corrected chi connectivity index (χ4v) is 4.20. The van der Waals surface area contributed by atoms with Crippen LogP contribution in [0.4, 0.5) is 0 Å². The molecule has 174 valence electrons. The van der Waals surface area contributed by atoms with E-state index in [1.54, 1.807) is 11.8 Å². The third kappa shape index (κ3) is 6.57. The lowest BCUT2D eigenvalue weighted by molar-refractivity contribution is -0.142. The van der Waals surface area contributed by atoms with Crippen molar-refractivity contribution in [3.05, 3.63) is 76.3 Å². The van der Waals surface area contributed by atoms with Gasteiger partial charge in [-0.05, 0) is 58.1 Å². The van der Waals surface area contributed by atoms with Crippen molar-refractivity contribution in [1.29, 1.82) is 0 Å². The zero-order valence-electron chi connectivity index (χ0n) is 19.6. The Kier molecular flexibility index (Phi) is 8.50. The zero-order valence-corrected chi connectivity index (χ0v) is 21.2. The van der Waals surface area contributed by atoms with E-state index in [4.69, 9.17) is 4.74 Å². The third-order valence-corrected chi connectivity index (χ3v) is 6.28. The molecule has 0 aliphatic heterocycles. The van der Waals surface area contributed by atoms with E-state index in [1.165, 1.54) is 0 Å². The molecule has 1 unspecified atom stereocenters. The number of rotatable bonds is 9. The second-order valence-corrected chi connectivity index (χ2v) is 9.51. The summed E-state index contributed by atoms with van der Waals surface area (Å²) in [7, 11) is 0. The van der Waals surface area contributed by atoms with Gasteiger partial charge < -0.3 is 15.0 Å². The molecule has 2 amide bonds. The number of fused-ring (bicyclic) bond motifs is 1. The molecule has 0 saturated carbocycles. The van der Waals surface area contributed by atoms with E-state index in [2.05, 4.69) is 21.2 Å². The van der Waals surface area contributed by atoms with Crippen LogP contribution in [0.25, 0.3) is 10.8 Å². The van der Waals surface area contributed by atoms with Crippen molar-refractivity contribution >= 4 is 38.5 Å². The van der Waals surface area contributed by atoms with E-state index in [0.29, 0.717) is 24.8 Å². The van der Waals surface area contributed by atoms with Crippen LogP contribution in [0.3, 0.4) is 0 Å². The Balaban J connectivity index is 1.78. The Bertz CT molecular complexity index is 1130. The van der Waals surface area contributed by atoms with Gasteiger partial charge in [-0.15, -0.1) is 0 Å². The molecule has 0 heterocycles. The standard InChI is InChI=1S/C27H31BrN2O3/c1-18(2)15-29-27(32)20(4)30(16-21-9-7-8-19(3)14-21)25(31)17-33-24-13-12-22-10-5-6-11-23(22)26(24)28/h5-14,18,20H,15-17H2,1-4H3,(H,29,32). The SMILES string of the molecule is Cc1cccc(CN(C(=O)COc2ccc3ccccc3c2Br)C(C)C(=O)NCC(C)C)c1. The summed E-state index contributed by atoms with van der Waals surface area (Å²) in [6.45, 7) is 8.58. The van der Waals surface area contributed by atoms with Crippen molar-refractivity contribution in [2.24, 2.45) is 5.92 Å². The first-order chi connectivity index (χ1) is 15.8. The van der Waals surface area contributed by atoms with Crippen LogP contribution in [0.5, 0.6) is 5.75 Å². The van der Waals surface area contributed by atoms with Gasteiger partial charge in [-0.2, -0.15) is 0 Å². The van der Waals surface area contributed by atoms with Gasteiger partial charge in [0.25, 0.3) is 5.91 Å². The highest BCUT2D eigenvalue weighted by Crippen LogP contribution is 2.33. The topological polar surface area (TPSA) is 58.6 Å². The van der Waals surface area contributed by atoms with Gasteiger partial charge in [-0.3, -0.25) is 9.59 Å². The Labute approximate surface area is 204 Å². The summed E-state index contributed by atoms with van der Waals surface area (Å²) in [6.07, 6.45) is 0. The predicted molar refractivity (Wildman–Crippen MR) is 136 cm³/mol. The molecule has 0 radical (unpaired) electrons. The van der Waals surface area contributed by atoms with E-state index in [-0.39, 0.29) is 18.4 Å². The monoisotopic (exact) mass is 510 g/mol. The van der Waals surface area contributed by atoms with Gasteiger partial charge in [0.15, 0.2) is 6.61 Å². The lowest BCUT2D eigenvalue weighted by Gasteiger charge is -2.29. The number of nitrogens with one attached hydrogen (secondary N) is 1. The number of nitrogens with zero attached hydrogens (tertiary/aromatic N) is 1. The van der Waals surface area contributed by atoms with Crippen LogP contribution in [0.15, 0.2) is 65.1 Å². The number of carbonyl (C=O) groups is 2. The molecule has 5 nitrogen and oxygen atoms in total. The van der Waals surface area contributed by atoms with Crippen LogP contribution in [-0.4, -0.2) is 35.9 Å². The molecule has 6 heteroatoms. The van der Waals surface area contributed by atoms with Crippen molar-refractivity contribution in [2.45, 2.75) is 40.3 Å². The lowest BCUT2D eigenvalue weighted by atomic mass is 10.1. The number of aryl methyl sites for hydroxylation is 1. The van der Waals surface area contributed by atoms with Crippen molar-refractivity contribution in [3.63, 3.8) is 0 Å². The van der Waals surface area contributed by atoms with E-state index in [0.717, 1.165) is 26.4 Å². The molecule has 0 aromatic heterocycles. The number of amides is 2. The molecular weight excluding hydrogens is 480 g/mol. The number of hydrogen-bond donors (Lipinski definition) is 1. The Hall–Kier alpha value is -2.86. The van der Waals surface area contributed by atoms with Gasteiger partial charge in [-0.1, -0.05) is 74.0 Å². The first-order valence-corrected chi connectivity index (χ1v) is 12.0. The highest BCUT2D eigenvalue weighted by atomic mass is 79.9. The molecule has 0 spiro atoms. The molecule has 33 heavy (non-hydrogen) atoms. The Morgan fingerprint density at radius 2 is 1.79 bits per heavy atom. The van der Waals surface area contributed by atoms with Gasteiger partial charge in [0.05, 0.1) is 4.47 Å². The van der Waals surface area contributed by atoms with Gasteiger partial charge >= 0.3 is 0 Å². The fraction of sp³-hybridized carbons (Fsp3) is 0.333. The number of benzene rings is 3. The molecule has 0 aliphatic rings. The summed E-state index contributed by atoms with van der Waals surface area (Å²) in [5.74, 6) is 0.505. The lowest BCUT2D eigenvalue weighted by Crippen LogP contribution is -2.49. The van der Waals surface area contributed by atoms with Crippen LogP contribution in [0.1, 0.15) is 31.9 Å². The van der Waals surface area contributed by atoms with Crippen LogP contribution in [0.2, 0.25) is 0 Å². The van der Waals surface area contributed by atoms with Crippen LogP contribution in [0, 0.1) is 12.8 Å².